The van der Waals surface area contributed by atoms with Gasteiger partial charge in [0.05, 0.1) is 24.2 Å². The number of hydrogen-bond acceptors (Lipinski definition) is 7. The lowest BCUT2D eigenvalue weighted by Gasteiger charge is -2.14. The Kier molecular flexibility index (Phi) is 9.23. The predicted octanol–water partition coefficient (Wildman–Crippen LogP) is 1.77. The number of aryl methyl sites for hydroxylation is 3. The highest BCUT2D eigenvalue weighted by Crippen LogP contribution is 2.31. The van der Waals surface area contributed by atoms with Crippen LogP contribution in [0.4, 0.5) is 5.95 Å². The Bertz CT molecular complexity index is 1280. The first-order valence-corrected chi connectivity index (χ1v) is 12.4. The molecule has 200 valence electrons. The van der Waals surface area contributed by atoms with Gasteiger partial charge >= 0.3 is 0 Å². The van der Waals surface area contributed by atoms with Crippen LogP contribution in [0, 0.1) is 6.92 Å². The average Bonchev–Trinajstić information content (AvgIpc) is 3.38. The van der Waals surface area contributed by atoms with Crippen LogP contribution in [-0.2, 0) is 17.9 Å². The lowest BCUT2D eigenvalue weighted by Crippen LogP contribution is -2.32. The number of likely N-dealkylation sites (N-methyl/N-ethyl adjacent to an activating group) is 1. The molecule has 0 atom stereocenters. The zero-order chi connectivity index (χ0) is 27.1. The standard InChI is InChI=1S/C25H36N8O4/c1-6-10-32-22-18(28-25(32)29-24(36)19-13-16(3)30-33(19)7-2)14-17(23(26)35)15-20(22)37-12-8-21(34)27-9-11-31(4)5/h13-15H,6-12H2,1-5H3,(H2,26,35)(H,27,34)(H,28,29,36). The number of rotatable bonds is 13. The van der Waals surface area contributed by atoms with E-state index in [-0.39, 0.29) is 30.4 Å². The quantitative estimate of drug-likeness (QED) is 0.316. The van der Waals surface area contributed by atoms with Crippen LogP contribution >= 0.6 is 0 Å². The van der Waals surface area contributed by atoms with Crippen molar-refractivity contribution in [2.75, 3.05) is 39.1 Å². The Labute approximate surface area is 216 Å². The molecule has 0 bridgehead atoms. The molecule has 0 fully saturated rings. The zero-order valence-corrected chi connectivity index (χ0v) is 22.1. The van der Waals surface area contributed by atoms with E-state index >= 15 is 0 Å². The molecule has 0 saturated heterocycles. The summed E-state index contributed by atoms with van der Waals surface area (Å²) in [7, 11) is 3.86. The SMILES string of the molecule is CCCn1c(NC(=O)c2cc(C)nn2CC)nc2cc(C(N)=O)cc(OCCC(=O)NCCN(C)C)c21. The van der Waals surface area contributed by atoms with Gasteiger partial charge in [-0.25, -0.2) is 4.98 Å². The normalized spacial score (nSPS) is 11.2. The number of anilines is 1. The number of nitrogens with one attached hydrogen (secondary N) is 2. The van der Waals surface area contributed by atoms with Crippen molar-refractivity contribution in [1.29, 1.82) is 0 Å². The molecule has 4 N–H and O–H groups in total. The van der Waals surface area contributed by atoms with Gasteiger partial charge in [0.25, 0.3) is 5.91 Å². The number of amides is 3. The number of aromatic nitrogens is 4. The van der Waals surface area contributed by atoms with Crippen molar-refractivity contribution < 1.29 is 19.1 Å². The summed E-state index contributed by atoms with van der Waals surface area (Å²) in [6.45, 7) is 8.19. The highest BCUT2D eigenvalue weighted by molar-refractivity contribution is 6.04. The number of carbonyl (C=O) groups excluding carboxylic acids is 3. The third kappa shape index (κ3) is 6.85. The molecule has 12 heteroatoms. The molecule has 0 saturated carbocycles. The van der Waals surface area contributed by atoms with Crippen LogP contribution in [0.5, 0.6) is 5.75 Å². The van der Waals surface area contributed by atoms with Gasteiger partial charge < -0.3 is 25.3 Å². The van der Waals surface area contributed by atoms with Gasteiger partial charge in [-0.15, -0.1) is 0 Å². The minimum atomic E-state index is -0.633. The summed E-state index contributed by atoms with van der Waals surface area (Å²) in [5.74, 6) is -0.435. The van der Waals surface area contributed by atoms with Crippen LogP contribution in [0.25, 0.3) is 11.0 Å². The number of ether oxygens (including phenoxy) is 1. The Morgan fingerprint density at radius 3 is 2.57 bits per heavy atom. The fourth-order valence-electron chi connectivity index (χ4n) is 3.91. The van der Waals surface area contributed by atoms with Gasteiger partial charge in [0.2, 0.25) is 17.8 Å². The van der Waals surface area contributed by atoms with Gasteiger partial charge in [-0.1, -0.05) is 6.92 Å². The molecule has 0 radical (unpaired) electrons. The summed E-state index contributed by atoms with van der Waals surface area (Å²) < 4.78 is 9.43. The number of nitrogens with zero attached hydrogens (tertiary/aromatic N) is 5. The summed E-state index contributed by atoms with van der Waals surface area (Å²) in [5.41, 5.74) is 7.98. The van der Waals surface area contributed by atoms with E-state index in [0.29, 0.717) is 48.1 Å². The van der Waals surface area contributed by atoms with E-state index in [4.69, 9.17) is 10.5 Å². The number of carbonyl (C=O) groups is 3. The first kappa shape index (κ1) is 27.7. The highest BCUT2D eigenvalue weighted by Gasteiger charge is 2.21. The van der Waals surface area contributed by atoms with Crippen molar-refractivity contribution in [2.45, 2.75) is 46.7 Å². The summed E-state index contributed by atoms with van der Waals surface area (Å²) in [4.78, 5) is 43.8. The number of fused-ring (bicyclic) bond motifs is 1. The van der Waals surface area contributed by atoms with Crippen molar-refractivity contribution >= 4 is 34.7 Å². The molecule has 12 nitrogen and oxygen atoms in total. The maximum atomic E-state index is 13.1. The number of benzene rings is 1. The second-order valence-electron chi connectivity index (χ2n) is 8.99. The molecule has 0 unspecified atom stereocenters. The highest BCUT2D eigenvalue weighted by atomic mass is 16.5. The van der Waals surface area contributed by atoms with Crippen molar-refractivity contribution in [3.05, 3.63) is 35.2 Å². The van der Waals surface area contributed by atoms with Crippen LogP contribution < -0.4 is 21.1 Å². The van der Waals surface area contributed by atoms with Crippen LogP contribution in [-0.4, -0.2) is 75.7 Å². The molecule has 2 heterocycles. The van der Waals surface area contributed by atoms with Crippen LogP contribution in [0.3, 0.4) is 0 Å². The average molecular weight is 513 g/mol. The monoisotopic (exact) mass is 512 g/mol. The van der Waals surface area contributed by atoms with Crippen molar-refractivity contribution in [3.8, 4) is 5.75 Å². The Morgan fingerprint density at radius 1 is 1.16 bits per heavy atom. The molecule has 3 aromatic rings. The molecule has 0 spiro atoms. The lowest BCUT2D eigenvalue weighted by molar-refractivity contribution is -0.121. The van der Waals surface area contributed by atoms with E-state index in [9.17, 15) is 14.4 Å². The summed E-state index contributed by atoms with van der Waals surface area (Å²) in [5, 5.41) is 10.1. The molecule has 37 heavy (non-hydrogen) atoms. The summed E-state index contributed by atoms with van der Waals surface area (Å²) in [6, 6.07) is 4.83. The molecule has 1 aromatic carbocycles. The van der Waals surface area contributed by atoms with Gasteiger partial charge in [0, 0.05) is 31.7 Å². The third-order valence-electron chi connectivity index (χ3n) is 5.67. The maximum absolute atomic E-state index is 13.1. The topological polar surface area (TPSA) is 149 Å². The smallest absolute Gasteiger partial charge is 0.276 e. The zero-order valence-electron chi connectivity index (χ0n) is 22.1. The van der Waals surface area contributed by atoms with E-state index in [1.54, 1.807) is 22.9 Å². The van der Waals surface area contributed by atoms with E-state index in [2.05, 4.69) is 20.7 Å². The molecule has 3 rings (SSSR count). The van der Waals surface area contributed by atoms with Crippen LogP contribution in [0.2, 0.25) is 0 Å². The lowest BCUT2D eigenvalue weighted by atomic mass is 10.1. The fourth-order valence-corrected chi connectivity index (χ4v) is 3.91. The molecule has 0 aliphatic rings. The van der Waals surface area contributed by atoms with Crippen molar-refractivity contribution in [1.82, 2.24) is 29.5 Å². The van der Waals surface area contributed by atoms with Gasteiger partial charge in [-0.3, -0.25) is 24.4 Å². The molecular weight excluding hydrogens is 476 g/mol. The number of hydrogen-bond donors (Lipinski definition) is 3. The van der Waals surface area contributed by atoms with Crippen molar-refractivity contribution in [3.63, 3.8) is 0 Å². The molecule has 0 aliphatic heterocycles. The van der Waals surface area contributed by atoms with Crippen molar-refractivity contribution in [2.24, 2.45) is 5.73 Å². The van der Waals surface area contributed by atoms with Gasteiger partial charge in [-0.05, 0) is 52.6 Å². The van der Waals surface area contributed by atoms with Gasteiger partial charge in [-0.2, -0.15) is 5.10 Å². The number of nitrogens with two attached hydrogens (primary N) is 1. The molecule has 0 aliphatic carbocycles. The van der Waals surface area contributed by atoms with Gasteiger partial charge in [0.1, 0.15) is 17.0 Å². The van der Waals surface area contributed by atoms with Crippen LogP contribution in [0.1, 0.15) is 53.2 Å². The first-order chi connectivity index (χ1) is 17.6. The van der Waals surface area contributed by atoms with E-state index in [0.717, 1.165) is 18.7 Å². The molecule has 2 aromatic heterocycles. The second-order valence-corrected chi connectivity index (χ2v) is 8.99. The van der Waals surface area contributed by atoms with Crippen LogP contribution in [0.15, 0.2) is 18.2 Å². The molecule has 3 amide bonds. The first-order valence-electron chi connectivity index (χ1n) is 12.4. The van der Waals surface area contributed by atoms with Gasteiger partial charge in [0.15, 0.2) is 0 Å². The predicted molar refractivity (Wildman–Crippen MR) is 141 cm³/mol. The van der Waals surface area contributed by atoms with E-state index in [1.807, 2.05) is 44.3 Å². The second kappa shape index (κ2) is 12.3. The minimum absolute atomic E-state index is 0.0963. The largest absolute Gasteiger partial charge is 0.491 e. The summed E-state index contributed by atoms with van der Waals surface area (Å²) >= 11 is 0. The maximum Gasteiger partial charge on any atom is 0.276 e. The van der Waals surface area contributed by atoms with E-state index < -0.39 is 5.91 Å². The third-order valence-corrected chi connectivity index (χ3v) is 5.67. The Balaban J connectivity index is 1.90. The van der Waals surface area contributed by atoms with E-state index in [1.165, 1.54) is 0 Å². The molecular formula is C25H36N8O4. The minimum Gasteiger partial charge on any atom is -0.491 e. The summed E-state index contributed by atoms with van der Waals surface area (Å²) in [6.07, 6.45) is 0.896. The Morgan fingerprint density at radius 2 is 1.92 bits per heavy atom. The fraction of sp³-hybridized carbons (Fsp3) is 0.480. The Hall–Kier alpha value is -3.93. The number of imidazole rings is 1. The number of primary amides is 1.